The van der Waals surface area contributed by atoms with E-state index in [1.807, 2.05) is 6.07 Å². The number of H-pyrrole nitrogens is 1. The number of nitrogens with zero attached hydrogens (tertiary/aromatic N) is 3. The van der Waals surface area contributed by atoms with E-state index in [0.29, 0.717) is 17.0 Å². The van der Waals surface area contributed by atoms with Crippen LogP contribution in [0.2, 0.25) is 0 Å². The summed E-state index contributed by atoms with van der Waals surface area (Å²) in [5, 5.41) is 10.7. The fourth-order valence-corrected chi connectivity index (χ4v) is 1.75. The summed E-state index contributed by atoms with van der Waals surface area (Å²) in [7, 11) is 0. The third-order valence-corrected chi connectivity index (χ3v) is 2.59. The Bertz CT molecular complexity index is 703. The lowest BCUT2D eigenvalue weighted by Crippen LogP contribution is -1.88. The highest BCUT2D eigenvalue weighted by Crippen LogP contribution is 2.23. The van der Waals surface area contributed by atoms with Gasteiger partial charge in [-0.1, -0.05) is 12.1 Å². The van der Waals surface area contributed by atoms with E-state index in [1.54, 1.807) is 24.4 Å². The molecule has 0 spiro atoms. The maximum absolute atomic E-state index is 10.7. The smallest absolute Gasteiger partial charge is 0.270 e. The summed E-state index contributed by atoms with van der Waals surface area (Å²) < 4.78 is 0. The van der Waals surface area contributed by atoms with Crippen LogP contribution in [0.4, 0.5) is 5.69 Å². The van der Waals surface area contributed by atoms with Crippen LogP contribution in [0.15, 0.2) is 42.6 Å². The van der Waals surface area contributed by atoms with E-state index >= 15 is 0 Å². The molecule has 0 aliphatic carbocycles. The lowest BCUT2D eigenvalue weighted by atomic mass is 10.2. The molecule has 88 valence electrons. The third kappa shape index (κ3) is 1.69. The lowest BCUT2D eigenvalue weighted by molar-refractivity contribution is -0.384. The first-order valence-corrected chi connectivity index (χ1v) is 5.29. The molecule has 1 aromatic carbocycles. The van der Waals surface area contributed by atoms with Crippen molar-refractivity contribution in [3.8, 4) is 11.4 Å². The molecular weight excluding hydrogens is 232 g/mol. The Morgan fingerprint density at radius 3 is 2.89 bits per heavy atom. The molecule has 0 atom stereocenters. The number of non-ortho nitro benzene ring substituents is 1. The summed E-state index contributed by atoms with van der Waals surface area (Å²) in [6.45, 7) is 0. The van der Waals surface area contributed by atoms with E-state index < -0.39 is 4.92 Å². The number of rotatable bonds is 2. The predicted octanol–water partition coefficient (Wildman–Crippen LogP) is 2.53. The quantitative estimate of drug-likeness (QED) is 0.551. The number of hydrogen-bond donors (Lipinski definition) is 1. The topological polar surface area (TPSA) is 84.7 Å². The molecule has 0 aliphatic heterocycles. The molecule has 1 N–H and O–H groups in total. The lowest BCUT2D eigenvalue weighted by Gasteiger charge is -1.96. The van der Waals surface area contributed by atoms with Crippen molar-refractivity contribution >= 4 is 16.9 Å². The Kier molecular flexibility index (Phi) is 2.26. The number of fused-ring (bicyclic) bond motifs is 1. The van der Waals surface area contributed by atoms with Gasteiger partial charge in [-0.25, -0.2) is 9.97 Å². The molecule has 3 aromatic rings. The van der Waals surface area contributed by atoms with Crippen LogP contribution >= 0.6 is 0 Å². The minimum absolute atomic E-state index is 0.0425. The van der Waals surface area contributed by atoms with Gasteiger partial charge in [0.25, 0.3) is 5.69 Å². The van der Waals surface area contributed by atoms with E-state index in [1.165, 1.54) is 12.1 Å². The van der Waals surface area contributed by atoms with Gasteiger partial charge >= 0.3 is 0 Å². The fourth-order valence-electron chi connectivity index (χ4n) is 1.75. The molecule has 18 heavy (non-hydrogen) atoms. The van der Waals surface area contributed by atoms with Gasteiger partial charge in [-0.15, -0.1) is 0 Å². The number of imidazole rings is 1. The Morgan fingerprint density at radius 1 is 1.22 bits per heavy atom. The number of nitro benzene ring substituents is 1. The van der Waals surface area contributed by atoms with Crippen LogP contribution in [0.25, 0.3) is 22.6 Å². The Morgan fingerprint density at radius 2 is 2.11 bits per heavy atom. The Hall–Kier alpha value is -2.76. The molecule has 0 aliphatic rings. The van der Waals surface area contributed by atoms with Gasteiger partial charge in [0.05, 0.1) is 10.4 Å². The van der Waals surface area contributed by atoms with Crippen LogP contribution < -0.4 is 0 Å². The van der Waals surface area contributed by atoms with Gasteiger partial charge in [0, 0.05) is 23.9 Å². The number of pyridine rings is 1. The van der Waals surface area contributed by atoms with Crippen molar-refractivity contribution < 1.29 is 4.92 Å². The van der Waals surface area contributed by atoms with Gasteiger partial charge in [0.15, 0.2) is 5.65 Å². The zero-order valence-corrected chi connectivity index (χ0v) is 9.20. The number of nitro groups is 1. The number of hydrogen-bond acceptors (Lipinski definition) is 4. The first-order chi connectivity index (χ1) is 8.74. The molecule has 0 unspecified atom stereocenters. The van der Waals surface area contributed by atoms with Gasteiger partial charge in [-0.05, 0) is 12.1 Å². The summed E-state index contributed by atoms with van der Waals surface area (Å²) in [5.74, 6) is 0.576. The van der Waals surface area contributed by atoms with E-state index in [2.05, 4.69) is 15.0 Å². The molecule has 2 heterocycles. The predicted molar refractivity (Wildman–Crippen MR) is 66.0 cm³/mol. The molecule has 3 rings (SSSR count). The van der Waals surface area contributed by atoms with Crippen molar-refractivity contribution in [2.75, 3.05) is 0 Å². The highest BCUT2D eigenvalue weighted by atomic mass is 16.6. The molecule has 0 radical (unpaired) electrons. The second-order valence-electron chi connectivity index (χ2n) is 3.77. The molecule has 0 amide bonds. The Labute approximate surface area is 101 Å². The molecule has 6 heteroatoms. The third-order valence-electron chi connectivity index (χ3n) is 2.59. The molecule has 0 saturated carbocycles. The molecule has 2 aromatic heterocycles. The number of benzene rings is 1. The van der Waals surface area contributed by atoms with E-state index in [0.717, 1.165) is 5.52 Å². The number of aromatic amines is 1. The first-order valence-electron chi connectivity index (χ1n) is 5.29. The minimum Gasteiger partial charge on any atom is -0.337 e. The van der Waals surface area contributed by atoms with Crippen molar-refractivity contribution in [1.82, 2.24) is 15.0 Å². The molecule has 0 saturated heterocycles. The van der Waals surface area contributed by atoms with Crippen molar-refractivity contribution in [2.45, 2.75) is 0 Å². The van der Waals surface area contributed by atoms with Crippen molar-refractivity contribution in [3.63, 3.8) is 0 Å². The summed E-state index contributed by atoms with van der Waals surface area (Å²) in [4.78, 5) is 21.8. The molecule has 6 nitrogen and oxygen atoms in total. The Balaban J connectivity index is 2.13. The maximum atomic E-state index is 10.7. The van der Waals surface area contributed by atoms with Crippen molar-refractivity contribution in [3.05, 3.63) is 52.7 Å². The van der Waals surface area contributed by atoms with Crippen LogP contribution in [0.5, 0.6) is 0 Å². The van der Waals surface area contributed by atoms with E-state index in [9.17, 15) is 10.1 Å². The van der Waals surface area contributed by atoms with Crippen LogP contribution in [-0.4, -0.2) is 19.9 Å². The molecular formula is C12H8N4O2. The van der Waals surface area contributed by atoms with Crippen LogP contribution in [0.1, 0.15) is 0 Å². The summed E-state index contributed by atoms with van der Waals surface area (Å²) >= 11 is 0. The monoisotopic (exact) mass is 240 g/mol. The highest BCUT2D eigenvalue weighted by Gasteiger charge is 2.10. The van der Waals surface area contributed by atoms with Crippen LogP contribution in [0, 0.1) is 10.1 Å². The first kappa shape index (κ1) is 10.4. The summed E-state index contributed by atoms with van der Waals surface area (Å²) in [6, 6.07) is 9.99. The average Bonchev–Trinajstić information content (AvgIpc) is 2.82. The van der Waals surface area contributed by atoms with Gasteiger partial charge in [-0.2, -0.15) is 0 Å². The largest absolute Gasteiger partial charge is 0.337 e. The highest BCUT2D eigenvalue weighted by molar-refractivity contribution is 5.76. The van der Waals surface area contributed by atoms with Crippen molar-refractivity contribution in [2.24, 2.45) is 0 Å². The zero-order valence-electron chi connectivity index (χ0n) is 9.20. The van der Waals surface area contributed by atoms with E-state index in [4.69, 9.17) is 0 Å². The second kappa shape index (κ2) is 3.92. The van der Waals surface area contributed by atoms with Gasteiger partial charge < -0.3 is 4.98 Å². The van der Waals surface area contributed by atoms with Gasteiger partial charge in [-0.3, -0.25) is 10.1 Å². The van der Waals surface area contributed by atoms with Crippen molar-refractivity contribution in [1.29, 1.82) is 0 Å². The van der Waals surface area contributed by atoms with Crippen LogP contribution in [-0.2, 0) is 0 Å². The molecule has 0 bridgehead atoms. The van der Waals surface area contributed by atoms with E-state index in [-0.39, 0.29) is 5.69 Å². The standard InChI is InChI=1S/C12H8N4O2/c17-16(18)9-4-1-3-8(7-9)11-14-10-5-2-6-13-12(10)15-11/h1-7H,(H,13,14,15). The molecule has 0 fully saturated rings. The van der Waals surface area contributed by atoms with Gasteiger partial charge in [0.1, 0.15) is 5.82 Å². The second-order valence-corrected chi connectivity index (χ2v) is 3.77. The maximum Gasteiger partial charge on any atom is 0.270 e. The van der Waals surface area contributed by atoms with Gasteiger partial charge in [0.2, 0.25) is 0 Å². The van der Waals surface area contributed by atoms with Crippen LogP contribution in [0.3, 0.4) is 0 Å². The number of nitrogens with one attached hydrogen (secondary N) is 1. The average molecular weight is 240 g/mol. The summed E-state index contributed by atoms with van der Waals surface area (Å²) in [6.07, 6.45) is 1.65. The minimum atomic E-state index is -0.426. The fraction of sp³-hybridized carbons (Fsp3) is 0. The normalized spacial score (nSPS) is 10.7. The summed E-state index contributed by atoms with van der Waals surface area (Å²) in [5.41, 5.74) is 2.11. The SMILES string of the molecule is O=[N+]([O-])c1cccc(-c2nc3ncccc3[nH]2)c1. The number of aromatic nitrogens is 3. The zero-order chi connectivity index (χ0) is 12.5.